The van der Waals surface area contributed by atoms with Crippen molar-refractivity contribution in [1.29, 1.82) is 0 Å². The Morgan fingerprint density at radius 1 is 1.47 bits per heavy atom. The molecule has 0 spiro atoms. The highest BCUT2D eigenvalue weighted by atomic mass is 16.4. The summed E-state index contributed by atoms with van der Waals surface area (Å²) in [6, 6.07) is 0. The normalized spacial score (nSPS) is 30.1. The van der Waals surface area contributed by atoms with Crippen LogP contribution in [0, 0.1) is 17.8 Å². The van der Waals surface area contributed by atoms with Crippen molar-refractivity contribution < 1.29 is 9.90 Å². The molecule has 19 heavy (non-hydrogen) atoms. The number of hydrogen-bond donors (Lipinski definition) is 1. The van der Waals surface area contributed by atoms with Crippen LogP contribution in [0.25, 0.3) is 0 Å². The Morgan fingerprint density at radius 2 is 2.21 bits per heavy atom. The van der Waals surface area contributed by atoms with Crippen molar-refractivity contribution in [3.63, 3.8) is 0 Å². The first-order valence-corrected chi connectivity index (χ1v) is 7.18. The van der Waals surface area contributed by atoms with Crippen LogP contribution >= 0.6 is 0 Å². The van der Waals surface area contributed by atoms with E-state index in [0.717, 1.165) is 24.1 Å². The second kappa shape index (κ2) is 4.90. The molecule has 1 aromatic heterocycles. The highest BCUT2D eigenvalue weighted by molar-refractivity contribution is 5.66. The zero-order valence-corrected chi connectivity index (χ0v) is 11.2. The molecule has 1 aromatic rings. The Kier molecular flexibility index (Phi) is 3.24. The van der Waals surface area contributed by atoms with Crippen LogP contribution in [0.3, 0.4) is 0 Å². The molecular formula is C13H20N4O2. The lowest BCUT2D eigenvalue weighted by atomic mass is 10.0. The van der Waals surface area contributed by atoms with Crippen molar-refractivity contribution in [2.45, 2.75) is 51.5 Å². The molecule has 6 heteroatoms. The first-order chi connectivity index (χ1) is 9.20. The van der Waals surface area contributed by atoms with Gasteiger partial charge in [0.1, 0.15) is 0 Å². The first kappa shape index (κ1) is 12.6. The molecule has 2 aliphatic carbocycles. The first-order valence-electron chi connectivity index (χ1n) is 7.18. The Balaban J connectivity index is 1.68. The third kappa shape index (κ3) is 2.35. The van der Waals surface area contributed by atoms with Crippen LogP contribution in [0.2, 0.25) is 0 Å². The van der Waals surface area contributed by atoms with Crippen molar-refractivity contribution in [1.82, 2.24) is 20.2 Å². The molecule has 6 nitrogen and oxygen atoms in total. The van der Waals surface area contributed by atoms with Crippen LogP contribution in [-0.2, 0) is 11.3 Å². The lowest BCUT2D eigenvalue weighted by molar-refractivity contribution is -0.138. The summed E-state index contributed by atoms with van der Waals surface area (Å²) < 4.78 is 1.85. The molecule has 0 amide bonds. The number of aromatic nitrogens is 4. The van der Waals surface area contributed by atoms with Gasteiger partial charge in [-0.25, -0.2) is 4.68 Å². The van der Waals surface area contributed by atoms with E-state index in [2.05, 4.69) is 15.5 Å². The summed E-state index contributed by atoms with van der Waals surface area (Å²) in [5.74, 6) is 2.45. The predicted molar refractivity (Wildman–Crippen MR) is 67.4 cm³/mol. The number of carboxylic acid groups (broad SMARTS) is 1. The number of carboxylic acids is 1. The molecule has 0 bridgehead atoms. The topological polar surface area (TPSA) is 80.9 Å². The molecule has 3 unspecified atom stereocenters. The fraction of sp³-hybridized carbons (Fsp3) is 0.846. The maximum absolute atomic E-state index is 10.8. The molecular weight excluding hydrogens is 244 g/mol. The molecule has 0 aromatic carbocycles. The van der Waals surface area contributed by atoms with Crippen molar-refractivity contribution >= 4 is 5.97 Å². The molecule has 2 aliphatic rings. The fourth-order valence-electron chi connectivity index (χ4n) is 3.61. The highest BCUT2D eigenvalue weighted by Gasteiger charge is 2.55. The van der Waals surface area contributed by atoms with Crippen LogP contribution in [0.5, 0.6) is 0 Å². The van der Waals surface area contributed by atoms with E-state index in [-0.39, 0.29) is 12.3 Å². The van der Waals surface area contributed by atoms with Gasteiger partial charge < -0.3 is 5.11 Å². The van der Waals surface area contributed by atoms with E-state index < -0.39 is 5.97 Å². The van der Waals surface area contributed by atoms with E-state index in [1.165, 1.54) is 19.3 Å². The zero-order valence-electron chi connectivity index (χ0n) is 11.2. The van der Waals surface area contributed by atoms with Gasteiger partial charge >= 0.3 is 5.97 Å². The Bertz CT molecular complexity index is 463. The standard InChI is InChI=1S/C13H20N4O2/c1-2-8(6-11(18)19)7-17-13(14-15-16-17)12-9-4-3-5-10(9)12/h8-10,12H,2-7H2,1H3,(H,18,19). The van der Waals surface area contributed by atoms with Crippen molar-refractivity contribution in [3.05, 3.63) is 5.82 Å². The third-order valence-electron chi connectivity index (χ3n) is 4.74. The summed E-state index contributed by atoms with van der Waals surface area (Å²) >= 11 is 0. The molecule has 1 N–H and O–H groups in total. The zero-order chi connectivity index (χ0) is 13.4. The molecule has 0 saturated heterocycles. The lowest BCUT2D eigenvalue weighted by Gasteiger charge is -2.13. The largest absolute Gasteiger partial charge is 0.481 e. The summed E-state index contributed by atoms with van der Waals surface area (Å²) in [5, 5.41) is 20.9. The summed E-state index contributed by atoms with van der Waals surface area (Å²) in [6.45, 7) is 2.64. The molecule has 1 heterocycles. The van der Waals surface area contributed by atoms with E-state index in [9.17, 15) is 4.79 Å². The van der Waals surface area contributed by atoms with Gasteiger partial charge in [-0.3, -0.25) is 4.79 Å². The average molecular weight is 264 g/mol. The predicted octanol–water partition coefficient (Wildman–Crippen LogP) is 1.69. The molecule has 3 atom stereocenters. The van der Waals surface area contributed by atoms with Crippen molar-refractivity contribution in [2.24, 2.45) is 17.8 Å². The maximum Gasteiger partial charge on any atom is 0.303 e. The van der Waals surface area contributed by atoms with E-state index in [1.54, 1.807) is 0 Å². The molecule has 3 rings (SSSR count). The lowest BCUT2D eigenvalue weighted by Crippen LogP contribution is -2.17. The van der Waals surface area contributed by atoms with Gasteiger partial charge in [0.2, 0.25) is 0 Å². The second-order valence-corrected chi connectivity index (χ2v) is 5.88. The molecule has 2 saturated carbocycles. The van der Waals surface area contributed by atoms with E-state index in [0.29, 0.717) is 12.5 Å². The monoisotopic (exact) mass is 264 g/mol. The Labute approximate surface area is 112 Å². The second-order valence-electron chi connectivity index (χ2n) is 5.88. The summed E-state index contributed by atoms with van der Waals surface area (Å²) in [7, 11) is 0. The van der Waals surface area contributed by atoms with Crippen molar-refractivity contribution in [2.75, 3.05) is 0 Å². The number of fused-ring (bicyclic) bond motifs is 1. The minimum atomic E-state index is -0.746. The minimum Gasteiger partial charge on any atom is -0.481 e. The van der Waals surface area contributed by atoms with Gasteiger partial charge in [-0.1, -0.05) is 19.8 Å². The molecule has 2 fully saturated rings. The Morgan fingerprint density at radius 3 is 2.84 bits per heavy atom. The fourth-order valence-corrected chi connectivity index (χ4v) is 3.61. The van der Waals surface area contributed by atoms with Gasteiger partial charge in [0, 0.05) is 18.9 Å². The Hall–Kier alpha value is -1.46. The minimum absolute atomic E-state index is 0.110. The molecule has 104 valence electrons. The summed E-state index contributed by atoms with van der Waals surface area (Å²) in [5.41, 5.74) is 0. The van der Waals surface area contributed by atoms with Crippen LogP contribution < -0.4 is 0 Å². The van der Waals surface area contributed by atoms with Gasteiger partial charge in [-0.05, 0) is 41.0 Å². The summed E-state index contributed by atoms with van der Waals surface area (Å²) in [6.07, 6.45) is 4.96. The van der Waals surface area contributed by atoms with Gasteiger partial charge in [0.05, 0.1) is 0 Å². The number of hydrogen-bond acceptors (Lipinski definition) is 4. The van der Waals surface area contributed by atoms with Gasteiger partial charge in [0.15, 0.2) is 5.82 Å². The number of tetrazole rings is 1. The third-order valence-corrected chi connectivity index (χ3v) is 4.74. The van der Waals surface area contributed by atoms with Crippen LogP contribution in [-0.4, -0.2) is 31.3 Å². The number of carbonyl (C=O) groups is 1. The summed E-state index contributed by atoms with van der Waals surface area (Å²) in [4.78, 5) is 10.8. The van der Waals surface area contributed by atoms with E-state index >= 15 is 0 Å². The van der Waals surface area contributed by atoms with E-state index in [4.69, 9.17) is 5.11 Å². The van der Waals surface area contributed by atoms with Crippen LogP contribution in [0.15, 0.2) is 0 Å². The van der Waals surface area contributed by atoms with Gasteiger partial charge in [-0.2, -0.15) is 0 Å². The molecule has 0 radical (unpaired) electrons. The quantitative estimate of drug-likeness (QED) is 0.845. The van der Waals surface area contributed by atoms with Crippen LogP contribution in [0.1, 0.15) is 50.8 Å². The smallest absolute Gasteiger partial charge is 0.303 e. The number of aliphatic carboxylic acids is 1. The average Bonchev–Trinajstić information content (AvgIpc) is 2.80. The SMILES string of the molecule is CCC(CC(=O)O)Cn1nnnc1C1C2CCCC21. The van der Waals surface area contributed by atoms with Gasteiger partial charge in [0.25, 0.3) is 0 Å². The highest BCUT2D eigenvalue weighted by Crippen LogP contribution is 2.62. The van der Waals surface area contributed by atoms with Gasteiger partial charge in [-0.15, -0.1) is 5.10 Å². The van der Waals surface area contributed by atoms with Crippen molar-refractivity contribution in [3.8, 4) is 0 Å². The van der Waals surface area contributed by atoms with Crippen LogP contribution in [0.4, 0.5) is 0 Å². The molecule has 0 aliphatic heterocycles. The number of rotatable bonds is 6. The van der Waals surface area contributed by atoms with E-state index in [1.807, 2.05) is 11.6 Å². The maximum atomic E-state index is 10.8. The number of nitrogens with zero attached hydrogens (tertiary/aromatic N) is 4.